The summed E-state index contributed by atoms with van der Waals surface area (Å²) in [5.41, 5.74) is 6.67. The number of benzene rings is 2. The molecule has 0 fully saturated rings. The van der Waals surface area contributed by atoms with Crippen molar-refractivity contribution in [3.8, 4) is 0 Å². The third kappa shape index (κ3) is 7.65. The Kier molecular flexibility index (Phi) is 9.00. The molecule has 0 bridgehead atoms. The van der Waals surface area contributed by atoms with Crippen LogP contribution in [0.2, 0.25) is 0 Å². The maximum atomic E-state index is 5.75. The van der Waals surface area contributed by atoms with Crippen LogP contribution in [0.3, 0.4) is 0 Å². The Bertz CT molecular complexity index is 864. The summed E-state index contributed by atoms with van der Waals surface area (Å²) in [4.78, 5) is 8.98. The average Bonchev–Trinajstić information content (AvgIpc) is 3.05. The van der Waals surface area contributed by atoms with Gasteiger partial charge < -0.3 is 4.42 Å². The zero-order valence-corrected chi connectivity index (χ0v) is 18.8. The summed E-state index contributed by atoms with van der Waals surface area (Å²) in [6.45, 7) is 8.28. The van der Waals surface area contributed by atoms with E-state index < -0.39 is 0 Å². The molecule has 0 radical (unpaired) electrons. The minimum absolute atomic E-state index is 0.194. The first-order chi connectivity index (χ1) is 13.4. The van der Waals surface area contributed by atoms with Crippen molar-refractivity contribution in [1.29, 1.82) is 0 Å². The molecule has 2 aromatic carbocycles. The summed E-state index contributed by atoms with van der Waals surface area (Å²) in [6, 6.07) is 16.3. The molecule has 3 aromatic rings. The molecule has 0 spiro atoms. The van der Waals surface area contributed by atoms with Gasteiger partial charge in [0.2, 0.25) is 0 Å². The molecular weight excluding hydrogens is 435 g/mol. The van der Waals surface area contributed by atoms with Crippen molar-refractivity contribution in [2.75, 3.05) is 0 Å². The molecule has 1 heterocycles. The quantitative estimate of drug-likeness (QED) is 0.297. The van der Waals surface area contributed by atoms with Crippen molar-refractivity contribution < 1.29 is 17.6 Å². The fourth-order valence-corrected chi connectivity index (χ4v) is 2.83. The van der Waals surface area contributed by atoms with Gasteiger partial charge in [0.25, 0.3) is 0 Å². The first-order valence-electron chi connectivity index (χ1n) is 8.59. The van der Waals surface area contributed by atoms with Crippen LogP contribution in [0.4, 0.5) is 11.4 Å². The Morgan fingerprint density at radius 1 is 0.679 bits per heavy atom. The molecule has 0 amide bonds. The zero-order valence-electron chi connectivity index (χ0n) is 16.2. The summed E-state index contributed by atoms with van der Waals surface area (Å²) in [5.74, 6) is 1.42. The number of furan rings is 1. The standard InChI is InChI=1S/C22H22N2O.2ClH.Fe/c1-15-7-16(2)10-19(9-15)23-13-21-5-6-22(25-21)14-24-20-11-17(3)8-18(4)12-20;;;/h5-14H,1-4H3;2*1H;/q;;;+2/p-2. The molecule has 3 rings (SSSR count). The molecule has 1 aromatic heterocycles. The molecule has 0 saturated heterocycles. The molecule has 0 aliphatic heterocycles. The first kappa shape index (κ1) is 22.4. The van der Waals surface area contributed by atoms with Gasteiger partial charge in [-0.3, -0.25) is 9.98 Å². The van der Waals surface area contributed by atoms with Crippen molar-refractivity contribution in [1.82, 2.24) is 0 Å². The Balaban J connectivity index is 0.000000878. The van der Waals surface area contributed by atoms with Crippen molar-refractivity contribution in [2.24, 2.45) is 9.98 Å². The van der Waals surface area contributed by atoms with Crippen LogP contribution in [0.5, 0.6) is 0 Å². The predicted octanol–water partition coefficient (Wildman–Crippen LogP) is 7.39. The van der Waals surface area contributed by atoms with Crippen LogP contribution >= 0.6 is 20.2 Å². The number of aliphatic imine (C=N–C) groups is 2. The van der Waals surface area contributed by atoms with Crippen LogP contribution in [0.15, 0.2) is 62.9 Å². The van der Waals surface area contributed by atoms with Crippen LogP contribution in [0.1, 0.15) is 33.8 Å². The fourth-order valence-electron chi connectivity index (χ4n) is 2.83. The Hall–Kier alpha value is -1.84. The number of aryl methyl sites for hydroxylation is 4. The van der Waals surface area contributed by atoms with E-state index in [1.165, 1.54) is 22.3 Å². The second kappa shape index (κ2) is 11.2. The van der Waals surface area contributed by atoms with Gasteiger partial charge in [-0.2, -0.15) is 0 Å². The van der Waals surface area contributed by atoms with Crippen LogP contribution in [0, 0.1) is 27.7 Å². The topological polar surface area (TPSA) is 37.9 Å². The third-order valence-electron chi connectivity index (χ3n) is 3.74. The van der Waals surface area contributed by atoms with E-state index in [9.17, 15) is 0 Å². The molecule has 0 aliphatic carbocycles. The van der Waals surface area contributed by atoms with Gasteiger partial charge in [0.05, 0.1) is 23.8 Å². The number of hydrogen-bond donors (Lipinski definition) is 0. The van der Waals surface area contributed by atoms with Crippen molar-refractivity contribution in [2.45, 2.75) is 27.7 Å². The summed E-state index contributed by atoms with van der Waals surface area (Å²) in [5, 5.41) is 0. The average molecular weight is 457 g/mol. The monoisotopic (exact) mass is 456 g/mol. The molecule has 3 nitrogen and oxygen atoms in total. The number of nitrogens with zero attached hydrogens (tertiary/aromatic N) is 2. The van der Waals surface area contributed by atoms with Crippen molar-refractivity contribution in [3.05, 3.63) is 82.3 Å². The second-order valence-corrected chi connectivity index (χ2v) is 8.32. The minimum atomic E-state index is 0.194. The molecule has 0 atom stereocenters. The molecule has 148 valence electrons. The number of halogens is 2. The normalized spacial score (nSPS) is 11.2. The van der Waals surface area contributed by atoms with Crippen LogP contribution < -0.4 is 0 Å². The fraction of sp³-hybridized carbons (Fsp3) is 0.182. The zero-order chi connectivity index (χ0) is 20.5. The van der Waals surface area contributed by atoms with E-state index in [1.807, 2.05) is 12.1 Å². The molecular formula is C22H22Cl2FeN2O. The molecule has 0 aliphatic rings. The van der Waals surface area contributed by atoms with Crippen LogP contribution in [0.25, 0.3) is 0 Å². The maximum absolute atomic E-state index is 5.75. The SMILES string of the molecule is Cc1cc(C)cc(N=Cc2ccc(C=Nc3cc(C)cc(C)c3)o2)c1.[Cl][Fe][Cl]. The van der Waals surface area contributed by atoms with Gasteiger partial charge in [0.15, 0.2) is 0 Å². The van der Waals surface area contributed by atoms with E-state index in [0.717, 1.165) is 11.4 Å². The second-order valence-electron chi connectivity index (χ2n) is 6.50. The van der Waals surface area contributed by atoms with Gasteiger partial charge in [0, 0.05) is 0 Å². The van der Waals surface area contributed by atoms with Crippen molar-refractivity contribution >= 4 is 44.0 Å². The molecule has 0 unspecified atom stereocenters. The molecule has 0 saturated carbocycles. The van der Waals surface area contributed by atoms with E-state index in [4.69, 9.17) is 24.6 Å². The summed E-state index contributed by atoms with van der Waals surface area (Å²) < 4.78 is 5.75. The molecule has 28 heavy (non-hydrogen) atoms. The summed E-state index contributed by atoms with van der Waals surface area (Å²) >= 11 is 0.194. The third-order valence-corrected chi connectivity index (χ3v) is 3.74. The Morgan fingerprint density at radius 3 is 1.32 bits per heavy atom. The number of rotatable bonds is 4. The summed E-state index contributed by atoms with van der Waals surface area (Å²) in [7, 11) is 9.53. The van der Waals surface area contributed by atoms with Crippen molar-refractivity contribution in [3.63, 3.8) is 0 Å². The molecule has 6 heteroatoms. The van der Waals surface area contributed by atoms with Gasteiger partial charge in [-0.25, -0.2) is 0 Å². The predicted molar refractivity (Wildman–Crippen MR) is 117 cm³/mol. The summed E-state index contributed by atoms with van der Waals surface area (Å²) in [6.07, 6.45) is 3.48. The first-order valence-corrected chi connectivity index (χ1v) is 11.6. The molecule has 0 N–H and O–H groups in total. The van der Waals surface area contributed by atoms with Gasteiger partial charge in [0.1, 0.15) is 11.5 Å². The van der Waals surface area contributed by atoms with E-state index in [0.29, 0.717) is 11.5 Å². The van der Waals surface area contributed by atoms with E-state index in [1.54, 1.807) is 12.4 Å². The Morgan fingerprint density at radius 2 is 1.00 bits per heavy atom. The van der Waals surface area contributed by atoms with Crippen LogP contribution in [-0.4, -0.2) is 12.4 Å². The van der Waals surface area contributed by atoms with E-state index >= 15 is 0 Å². The van der Waals surface area contributed by atoms with Crippen LogP contribution in [-0.2, 0) is 13.1 Å². The van der Waals surface area contributed by atoms with Gasteiger partial charge in [-0.1, -0.05) is 12.1 Å². The van der Waals surface area contributed by atoms with Gasteiger partial charge in [-0.15, -0.1) is 0 Å². The Labute approximate surface area is 181 Å². The van der Waals surface area contributed by atoms with E-state index in [2.05, 4.69) is 74.1 Å². The van der Waals surface area contributed by atoms with E-state index in [-0.39, 0.29) is 13.1 Å². The van der Waals surface area contributed by atoms with Gasteiger partial charge >= 0.3 is 33.3 Å². The van der Waals surface area contributed by atoms with Gasteiger partial charge in [-0.05, 0) is 86.3 Å². The number of hydrogen-bond acceptors (Lipinski definition) is 3.